The summed E-state index contributed by atoms with van der Waals surface area (Å²) in [7, 11) is 0. The lowest BCUT2D eigenvalue weighted by atomic mass is 10.1. The molecule has 3 nitrogen and oxygen atoms in total. The Morgan fingerprint density at radius 2 is 0.778 bits per heavy atom. The van der Waals surface area contributed by atoms with Crippen LogP contribution in [-0.2, 0) is 9.47 Å². The third kappa shape index (κ3) is 30.8. The van der Waals surface area contributed by atoms with E-state index in [4.69, 9.17) is 9.47 Å². The van der Waals surface area contributed by atoms with Crippen LogP contribution in [0.4, 0.5) is 4.79 Å². The first-order valence-electron chi connectivity index (χ1n) is 15.9. The molecule has 0 aromatic carbocycles. The van der Waals surface area contributed by atoms with Crippen molar-refractivity contribution in [2.45, 2.75) is 168 Å². The van der Waals surface area contributed by atoms with E-state index in [-0.39, 0.29) is 0 Å². The molecule has 0 heterocycles. The smallest absolute Gasteiger partial charge is 0.434 e. The quantitative estimate of drug-likeness (QED) is 0.0601. The van der Waals surface area contributed by atoms with E-state index >= 15 is 0 Å². The van der Waals surface area contributed by atoms with E-state index in [0.29, 0.717) is 13.2 Å². The molecule has 0 aromatic heterocycles. The minimum Gasteiger partial charge on any atom is -0.434 e. The van der Waals surface area contributed by atoms with Gasteiger partial charge in [0, 0.05) is 0 Å². The van der Waals surface area contributed by atoms with Gasteiger partial charge in [-0.2, -0.15) is 0 Å². The Hall–Kier alpha value is -1.25. The number of ether oxygens (including phenoxy) is 2. The average Bonchev–Trinajstić information content (AvgIpc) is 2.88. The van der Waals surface area contributed by atoms with Crippen molar-refractivity contribution in [3.05, 3.63) is 24.3 Å². The first kappa shape index (κ1) is 34.8. The molecule has 0 saturated carbocycles. The standard InChI is InChI=1S/C33H62O3/c1-3-5-7-9-11-13-15-17-18-19-20-22-24-26-28-30-32-36-33(34)35-31-29-27-25-23-21-16-14-12-10-8-6-4-2/h11,13,17-18H,3-10,12,14-16,19-32H2,1-2H3/b13-11-,18-17-. The SMILES string of the molecule is CCCCC/C=C\C/C=C\CCCCCCCCOC(=O)OCCCCCCCCCCCCCC. The zero-order valence-corrected chi connectivity index (χ0v) is 24.4. The molecule has 0 N–H and O–H groups in total. The van der Waals surface area contributed by atoms with Gasteiger partial charge < -0.3 is 9.47 Å². The summed E-state index contributed by atoms with van der Waals surface area (Å²) in [5.41, 5.74) is 0. The molecule has 0 fully saturated rings. The maximum Gasteiger partial charge on any atom is 0.508 e. The lowest BCUT2D eigenvalue weighted by molar-refractivity contribution is 0.0529. The predicted molar refractivity (Wildman–Crippen MR) is 158 cm³/mol. The number of carbonyl (C=O) groups is 1. The normalized spacial score (nSPS) is 11.6. The molecule has 0 aliphatic heterocycles. The van der Waals surface area contributed by atoms with Gasteiger partial charge in [0.25, 0.3) is 0 Å². The topological polar surface area (TPSA) is 35.5 Å². The van der Waals surface area contributed by atoms with Crippen LogP contribution in [0.1, 0.15) is 168 Å². The molecule has 0 saturated heterocycles. The second kappa shape index (κ2) is 31.8. The summed E-state index contributed by atoms with van der Waals surface area (Å²) in [4.78, 5) is 11.6. The second-order valence-electron chi connectivity index (χ2n) is 10.4. The summed E-state index contributed by atoms with van der Waals surface area (Å²) in [6.45, 7) is 5.51. The summed E-state index contributed by atoms with van der Waals surface area (Å²) in [5.74, 6) is 0. The monoisotopic (exact) mass is 506 g/mol. The number of allylic oxidation sites excluding steroid dienone is 4. The fraction of sp³-hybridized carbons (Fsp3) is 0.848. The van der Waals surface area contributed by atoms with E-state index in [0.717, 1.165) is 32.1 Å². The van der Waals surface area contributed by atoms with Gasteiger partial charge in [0.2, 0.25) is 0 Å². The molecular weight excluding hydrogens is 444 g/mol. The summed E-state index contributed by atoms with van der Waals surface area (Å²) in [5, 5.41) is 0. The van der Waals surface area contributed by atoms with Crippen LogP contribution >= 0.6 is 0 Å². The van der Waals surface area contributed by atoms with Crippen LogP contribution in [-0.4, -0.2) is 19.4 Å². The number of hydrogen-bond donors (Lipinski definition) is 0. The average molecular weight is 507 g/mol. The van der Waals surface area contributed by atoms with Crippen molar-refractivity contribution < 1.29 is 14.3 Å². The lowest BCUT2D eigenvalue weighted by Crippen LogP contribution is -2.09. The zero-order valence-electron chi connectivity index (χ0n) is 24.4. The van der Waals surface area contributed by atoms with Crippen molar-refractivity contribution in [1.29, 1.82) is 0 Å². The van der Waals surface area contributed by atoms with Gasteiger partial charge in [-0.1, -0.05) is 147 Å². The van der Waals surface area contributed by atoms with Gasteiger partial charge >= 0.3 is 6.16 Å². The Morgan fingerprint density at radius 1 is 0.444 bits per heavy atom. The molecule has 0 atom stereocenters. The second-order valence-corrected chi connectivity index (χ2v) is 10.4. The van der Waals surface area contributed by atoms with E-state index in [2.05, 4.69) is 38.2 Å². The first-order valence-corrected chi connectivity index (χ1v) is 15.9. The Kier molecular flexibility index (Phi) is 30.7. The third-order valence-corrected chi connectivity index (χ3v) is 6.78. The van der Waals surface area contributed by atoms with Crippen molar-refractivity contribution in [1.82, 2.24) is 0 Å². The van der Waals surface area contributed by atoms with E-state index in [1.54, 1.807) is 0 Å². The molecule has 36 heavy (non-hydrogen) atoms. The lowest BCUT2D eigenvalue weighted by Gasteiger charge is -2.06. The molecule has 212 valence electrons. The number of unbranched alkanes of at least 4 members (excludes halogenated alkanes) is 20. The highest BCUT2D eigenvalue weighted by Gasteiger charge is 2.03. The van der Waals surface area contributed by atoms with Gasteiger partial charge in [-0.15, -0.1) is 0 Å². The largest absolute Gasteiger partial charge is 0.508 e. The maximum absolute atomic E-state index is 11.6. The summed E-state index contributed by atoms with van der Waals surface area (Å²) < 4.78 is 10.4. The predicted octanol–water partition coefficient (Wildman–Crippen LogP) is 11.7. The van der Waals surface area contributed by atoms with Crippen molar-refractivity contribution in [2.24, 2.45) is 0 Å². The number of hydrogen-bond acceptors (Lipinski definition) is 3. The summed E-state index contributed by atoms with van der Waals surface area (Å²) >= 11 is 0. The van der Waals surface area contributed by atoms with Crippen LogP contribution in [0.3, 0.4) is 0 Å². The van der Waals surface area contributed by atoms with Gasteiger partial charge in [0.15, 0.2) is 0 Å². The van der Waals surface area contributed by atoms with Gasteiger partial charge in [0.1, 0.15) is 0 Å². The molecule has 0 unspecified atom stereocenters. The van der Waals surface area contributed by atoms with Crippen LogP contribution in [0.25, 0.3) is 0 Å². The molecule has 0 radical (unpaired) electrons. The van der Waals surface area contributed by atoms with E-state index in [9.17, 15) is 4.79 Å². The molecule has 3 heteroatoms. The van der Waals surface area contributed by atoms with Crippen LogP contribution in [0, 0.1) is 0 Å². The van der Waals surface area contributed by atoms with Gasteiger partial charge in [-0.25, -0.2) is 4.79 Å². The minimum atomic E-state index is -0.485. The molecule has 0 spiro atoms. The highest BCUT2D eigenvalue weighted by molar-refractivity contribution is 5.59. The molecule has 0 aromatic rings. The zero-order chi connectivity index (χ0) is 26.2. The number of carbonyl (C=O) groups excluding carboxylic acids is 1. The Morgan fingerprint density at radius 3 is 1.22 bits per heavy atom. The third-order valence-electron chi connectivity index (χ3n) is 6.78. The van der Waals surface area contributed by atoms with Crippen LogP contribution in [0.2, 0.25) is 0 Å². The molecule has 0 rings (SSSR count). The molecular formula is C33H62O3. The van der Waals surface area contributed by atoms with Crippen LogP contribution < -0.4 is 0 Å². The van der Waals surface area contributed by atoms with Gasteiger partial charge in [0.05, 0.1) is 13.2 Å². The highest BCUT2D eigenvalue weighted by Crippen LogP contribution is 2.12. The fourth-order valence-corrected chi connectivity index (χ4v) is 4.39. The maximum atomic E-state index is 11.6. The molecule has 0 aliphatic rings. The summed E-state index contributed by atoms with van der Waals surface area (Å²) in [6, 6.07) is 0. The highest BCUT2D eigenvalue weighted by atomic mass is 16.7. The molecule has 0 amide bonds. The number of rotatable bonds is 28. The molecule has 0 aliphatic carbocycles. The van der Waals surface area contributed by atoms with Gasteiger partial charge in [-0.3, -0.25) is 0 Å². The Bertz CT molecular complexity index is 483. The van der Waals surface area contributed by atoms with Crippen molar-refractivity contribution >= 4 is 6.16 Å². The van der Waals surface area contributed by atoms with Crippen LogP contribution in [0.5, 0.6) is 0 Å². The Labute approximate surface area is 225 Å². The van der Waals surface area contributed by atoms with E-state index < -0.39 is 6.16 Å². The van der Waals surface area contributed by atoms with E-state index in [1.807, 2.05) is 0 Å². The minimum absolute atomic E-state index is 0.485. The van der Waals surface area contributed by atoms with Crippen molar-refractivity contribution in [3.8, 4) is 0 Å². The van der Waals surface area contributed by atoms with Crippen molar-refractivity contribution in [3.63, 3.8) is 0 Å². The van der Waals surface area contributed by atoms with E-state index in [1.165, 1.54) is 122 Å². The fourth-order valence-electron chi connectivity index (χ4n) is 4.39. The summed E-state index contributed by atoms with van der Waals surface area (Å²) in [6.07, 6.45) is 39.1. The van der Waals surface area contributed by atoms with Crippen LogP contribution in [0.15, 0.2) is 24.3 Å². The Balaban J connectivity index is 3.22. The van der Waals surface area contributed by atoms with Crippen molar-refractivity contribution in [2.75, 3.05) is 13.2 Å². The molecule has 0 bridgehead atoms. The van der Waals surface area contributed by atoms with Gasteiger partial charge in [-0.05, 0) is 44.9 Å². The first-order chi connectivity index (χ1) is 17.8.